The number of allylic oxidation sites excluding steroid dienone is 2. The number of ether oxygens (including phenoxy) is 1. The summed E-state index contributed by atoms with van der Waals surface area (Å²) < 4.78 is 10.8. The van der Waals surface area contributed by atoms with Crippen LogP contribution in [-0.2, 0) is 16.1 Å². The third-order valence-corrected chi connectivity index (χ3v) is 5.95. The highest BCUT2D eigenvalue weighted by atomic mass is 16.5. The predicted molar refractivity (Wildman–Crippen MR) is 114 cm³/mol. The van der Waals surface area contributed by atoms with Gasteiger partial charge in [0.25, 0.3) is 5.89 Å². The molecule has 2 aliphatic rings. The van der Waals surface area contributed by atoms with Gasteiger partial charge in [-0.25, -0.2) is 0 Å². The molecule has 7 nitrogen and oxygen atoms in total. The fourth-order valence-corrected chi connectivity index (χ4v) is 4.51. The van der Waals surface area contributed by atoms with Crippen LogP contribution >= 0.6 is 0 Å². The Labute approximate surface area is 176 Å². The number of benzene rings is 1. The van der Waals surface area contributed by atoms with Gasteiger partial charge in [0.15, 0.2) is 5.82 Å². The minimum absolute atomic E-state index is 0.292. The first-order valence-electron chi connectivity index (χ1n) is 10.5. The molecule has 0 radical (unpaired) electrons. The number of carbonyl (C=O) groups excluding carboxylic acids is 1. The Morgan fingerprint density at radius 3 is 2.60 bits per heavy atom. The largest absolute Gasteiger partial charge is 0.468 e. The second kappa shape index (κ2) is 8.92. The monoisotopic (exact) mass is 408 g/mol. The van der Waals surface area contributed by atoms with E-state index in [9.17, 15) is 4.79 Å². The summed E-state index contributed by atoms with van der Waals surface area (Å²) in [7, 11) is 1.41. The maximum Gasteiger partial charge on any atom is 0.315 e. The SMILES string of the molecule is COC(=O)C1C(C)=NC(C)=C(c2nc(CN3CCCCC3)no2)C1c1ccccc1. The molecular formula is C23H28N4O3. The normalized spacial score (nSPS) is 22.7. The molecule has 4 rings (SSSR count). The summed E-state index contributed by atoms with van der Waals surface area (Å²) in [4.78, 5) is 24.4. The second-order valence-electron chi connectivity index (χ2n) is 7.99. The number of piperidine rings is 1. The summed E-state index contributed by atoms with van der Waals surface area (Å²) in [6, 6.07) is 9.91. The van der Waals surface area contributed by atoms with E-state index in [0.29, 0.717) is 18.3 Å². The van der Waals surface area contributed by atoms with Crippen LogP contribution in [-0.4, -0.2) is 46.9 Å². The third-order valence-electron chi connectivity index (χ3n) is 5.95. The summed E-state index contributed by atoms with van der Waals surface area (Å²) in [6.45, 7) is 6.59. The van der Waals surface area contributed by atoms with Gasteiger partial charge < -0.3 is 9.26 Å². The predicted octanol–water partition coefficient (Wildman–Crippen LogP) is 3.83. The van der Waals surface area contributed by atoms with Crippen LogP contribution in [0.3, 0.4) is 0 Å². The lowest BCUT2D eigenvalue weighted by Gasteiger charge is -2.30. The van der Waals surface area contributed by atoms with Crippen LogP contribution < -0.4 is 0 Å². The van der Waals surface area contributed by atoms with E-state index >= 15 is 0 Å². The molecule has 2 aromatic rings. The standard InChI is InChI=1S/C23H28N4O3/c1-15-19(22-25-18(26-30-22)14-27-12-8-5-9-13-27)21(17-10-6-4-7-11-17)20(16(2)24-15)23(28)29-3/h4,6-7,10-11,20-21H,5,8-9,12-14H2,1-3H3. The van der Waals surface area contributed by atoms with Crippen LogP contribution in [0.4, 0.5) is 0 Å². The average molecular weight is 409 g/mol. The fourth-order valence-electron chi connectivity index (χ4n) is 4.51. The smallest absolute Gasteiger partial charge is 0.315 e. The van der Waals surface area contributed by atoms with Gasteiger partial charge >= 0.3 is 5.97 Å². The second-order valence-corrected chi connectivity index (χ2v) is 7.99. The van der Waals surface area contributed by atoms with Gasteiger partial charge in [-0.3, -0.25) is 14.7 Å². The van der Waals surface area contributed by atoms with Crippen LogP contribution in [0.1, 0.15) is 56.3 Å². The first-order chi connectivity index (χ1) is 14.6. The number of aromatic nitrogens is 2. The average Bonchev–Trinajstić information content (AvgIpc) is 3.22. The van der Waals surface area contributed by atoms with E-state index < -0.39 is 5.92 Å². The Morgan fingerprint density at radius 2 is 1.90 bits per heavy atom. The number of rotatable bonds is 5. The van der Waals surface area contributed by atoms with Crippen LogP contribution in [0.2, 0.25) is 0 Å². The Morgan fingerprint density at radius 1 is 1.17 bits per heavy atom. The highest BCUT2D eigenvalue weighted by molar-refractivity contribution is 6.06. The fraction of sp³-hybridized carbons (Fsp3) is 0.478. The molecule has 0 spiro atoms. The van der Waals surface area contributed by atoms with Gasteiger partial charge in [0.2, 0.25) is 0 Å². The zero-order valence-electron chi connectivity index (χ0n) is 17.8. The lowest BCUT2D eigenvalue weighted by molar-refractivity contribution is -0.143. The first-order valence-corrected chi connectivity index (χ1v) is 10.5. The molecular weight excluding hydrogens is 380 g/mol. The molecule has 158 valence electrons. The summed E-state index contributed by atoms with van der Waals surface area (Å²) in [6.07, 6.45) is 3.70. The van der Waals surface area contributed by atoms with E-state index in [1.807, 2.05) is 44.2 Å². The first kappa shape index (κ1) is 20.5. The molecule has 2 aliphatic heterocycles. The van der Waals surface area contributed by atoms with E-state index in [4.69, 9.17) is 14.2 Å². The van der Waals surface area contributed by atoms with E-state index in [2.05, 4.69) is 15.0 Å². The third kappa shape index (κ3) is 4.07. The number of esters is 1. The van der Waals surface area contributed by atoms with Crippen LogP contribution in [0, 0.1) is 5.92 Å². The van der Waals surface area contributed by atoms with Crippen LogP contribution in [0.15, 0.2) is 45.5 Å². The van der Waals surface area contributed by atoms with E-state index in [1.165, 1.54) is 26.4 Å². The minimum atomic E-state index is -0.534. The number of hydrogen-bond donors (Lipinski definition) is 0. The minimum Gasteiger partial charge on any atom is -0.468 e. The van der Waals surface area contributed by atoms with Gasteiger partial charge in [0.05, 0.1) is 13.7 Å². The number of methoxy groups -OCH3 is 1. The number of nitrogens with zero attached hydrogens (tertiary/aromatic N) is 4. The number of carbonyl (C=O) groups is 1. The molecule has 1 aromatic carbocycles. The maximum atomic E-state index is 12.7. The molecule has 0 saturated carbocycles. The zero-order valence-corrected chi connectivity index (χ0v) is 17.8. The number of likely N-dealkylation sites (tertiary alicyclic amines) is 1. The van der Waals surface area contributed by atoms with Crippen LogP contribution in [0.25, 0.3) is 5.57 Å². The summed E-state index contributed by atoms with van der Waals surface area (Å²) in [5.41, 5.74) is 3.30. The Bertz CT molecular complexity index is 958. The summed E-state index contributed by atoms with van der Waals surface area (Å²) in [5.74, 6) is -0.0467. The van der Waals surface area contributed by atoms with Crippen molar-refractivity contribution in [2.75, 3.05) is 20.2 Å². The zero-order chi connectivity index (χ0) is 21.1. The topological polar surface area (TPSA) is 80.8 Å². The van der Waals surface area contributed by atoms with Crippen molar-refractivity contribution in [1.82, 2.24) is 15.0 Å². The number of hydrogen-bond acceptors (Lipinski definition) is 7. The van der Waals surface area contributed by atoms with Crippen molar-refractivity contribution in [2.45, 2.75) is 45.6 Å². The molecule has 1 saturated heterocycles. The molecule has 1 aromatic heterocycles. The van der Waals surface area contributed by atoms with Gasteiger partial charge in [-0.15, -0.1) is 0 Å². The van der Waals surface area contributed by atoms with E-state index in [1.54, 1.807) is 0 Å². The molecule has 7 heteroatoms. The lowest BCUT2D eigenvalue weighted by Crippen LogP contribution is -2.33. The van der Waals surface area contributed by atoms with Gasteiger partial charge in [0, 0.05) is 22.9 Å². The number of aliphatic imine (C=N–C) groups is 1. The molecule has 30 heavy (non-hydrogen) atoms. The molecule has 2 unspecified atom stereocenters. The van der Waals surface area contributed by atoms with Crippen LogP contribution in [0.5, 0.6) is 0 Å². The Balaban J connectivity index is 1.72. The Kier molecular flexibility index (Phi) is 6.08. The molecule has 3 heterocycles. The molecule has 0 bridgehead atoms. The van der Waals surface area contributed by atoms with Gasteiger partial charge in [-0.1, -0.05) is 41.9 Å². The quantitative estimate of drug-likeness (QED) is 0.700. The van der Waals surface area contributed by atoms with Crippen molar-refractivity contribution in [3.8, 4) is 0 Å². The lowest BCUT2D eigenvalue weighted by atomic mass is 9.75. The van der Waals surface area contributed by atoms with Crippen molar-refractivity contribution in [1.29, 1.82) is 0 Å². The van der Waals surface area contributed by atoms with Crippen molar-refractivity contribution < 1.29 is 14.1 Å². The van der Waals surface area contributed by atoms with Crippen molar-refractivity contribution in [3.63, 3.8) is 0 Å². The van der Waals surface area contributed by atoms with E-state index in [-0.39, 0.29) is 11.9 Å². The van der Waals surface area contributed by atoms with Gasteiger partial charge in [0.1, 0.15) is 5.92 Å². The molecule has 0 aliphatic carbocycles. The summed E-state index contributed by atoms with van der Waals surface area (Å²) in [5, 5.41) is 4.23. The van der Waals surface area contributed by atoms with E-state index in [0.717, 1.165) is 35.6 Å². The highest BCUT2D eigenvalue weighted by Crippen LogP contribution is 2.43. The van der Waals surface area contributed by atoms with Crippen molar-refractivity contribution >= 4 is 17.3 Å². The summed E-state index contributed by atoms with van der Waals surface area (Å²) >= 11 is 0. The molecule has 0 N–H and O–H groups in total. The Hall–Kier alpha value is -2.80. The molecule has 2 atom stereocenters. The van der Waals surface area contributed by atoms with Gasteiger partial charge in [-0.05, 0) is 45.3 Å². The maximum absolute atomic E-state index is 12.7. The molecule has 1 fully saturated rings. The van der Waals surface area contributed by atoms with Crippen molar-refractivity contribution in [2.24, 2.45) is 10.9 Å². The van der Waals surface area contributed by atoms with Crippen molar-refractivity contribution in [3.05, 3.63) is 53.3 Å². The molecule has 0 amide bonds. The van der Waals surface area contributed by atoms with Gasteiger partial charge in [-0.2, -0.15) is 4.98 Å². The highest BCUT2D eigenvalue weighted by Gasteiger charge is 2.41.